The largest absolute Gasteiger partial charge is 0.479 e. The van der Waals surface area contributed by atoms with Gasteiger partial charge in [0.2, 0.25) is 0 Å². The Morgan fingerprint density at radius 3 is 2.30 bits per heavy atom. The highest BCUT2D eigenvalue weighted by Gasteiger charge is 2.18. The van der Waals surface area contributed by atoms with E-state index in [1.54, 1.807) is 61.5 Å². The summed E-state index contributed by atoms with van der Waals surface area (Å²) in [4.78, 5) is 25.1. The summed E-state index contributed by atoms with van der Waals surface area (Å²) in [7, 11) is 0. The van der Waals surface area contributed by atoms with Gasteiger partial charge in [0.05, 0.1) is 5.69 Å². The summed E-state index contributed by atoms with van der Waals surface area (Å²) in [5, 5.41) is 6.37. The van der Waals surface area contributed by atoms with E-state index in [2.05, 4.69) is 10.6 Å². The number of aryl methyl sites for hydroxylation is 1. The molecule has 0 bridgehead atoms. The molecular formula is C23H20Cl2N2O3. The van der Waals surface area contributed by atoms with Gasteiger partial charge in [-0.15, -0.1) is 0 Å². The van der Waals surface area contributed by atoms with Gasteiger partial charge < -0.3 is 15.4 Å². The van der Waals surface area contributed by atoms with E-state index in [1.807, 2.05) is 19.1 Å². The van der Waals surface area contributed by atoms with E-state index in [9.17, 15) is 9.59 Å². The van der Waals surface area contributed by atoms with Gasteiger partial charge >= 0.3 is 0 Å². The maximum absolute atomic E-state index is 12.6. The molecule has 0 aliphatic carbocycles. The summed E-state index contributed by atoms with van der Waals surface area (Å²) in [6, 6.07) is 19.0. The Labute approximate surface area is 185 Å². The molecule has 3 aromatic carbocycles. The van der Waals surface area contributed by atoms with Crippen molar-refractivity contribution < 1.29 is 14.3 Å². The number of anilines is 2. The lowest BCUT2D eigenvalue weighted by Gasteiger charge is -2.18. The van der Waals surface area contributed by atoms with Crippen molar-refractivity contribution in [2.24, 2.45) is 0 Å². The molecule has 5 nitrogen and oxygen atoms in total. The first kappa shape index (κ1) is 21.7. The minimum absolute atomic E-state index is 0.263. The molecule has 2 amide bonds. The second-order valence-corrected chi connectivity index (χ2v) is 7.60. The smallest absolute Gasteiger partial charge is 0.265 e. The molecule has 0 radical (unpaired) electrons. The summed E-state index contributed by atoms with van der Waals surface area (Å²) in [6.45, 7) is 3.53. The normalized spacial score (nSPS) is 11.5. The van der Waals surface area contributed by atoms with Gasteiger partial charge in [-0.25, -0.2) is 0 Å². The quantitative estimate of drug-likeness (QED) is 0.494. The number of carbonyl (C=O) groups is 2. The predicted octanol–water partition coefficient (Wildman–Crippen LogP) is 5.96. The fourth-order valence-corrected chi connectivity index (χ4v) is 3.29. The fraction of sp³-hybridized carbons (Fsp3) is 0.130. The van der Waals surface area contributed by atoms with Gasteiger partial charge in [-0.2, -0.15) is 0 Å². The van der Waals surface area contributed by atoms with E-state index in [1.165, 1.54) is 0 Å². The predicted molar refractivity (Wildman–Crippen MR) is 121 cm³/mol. The first-order chi connectivity index (χ1) is 14.3. The minimum atomic E-state index is -0.834. The van der Waals surface area contributed by atoms with E-state index < -0.39 is 6.10 Å². The Morgan fingerprint density at radius 1 is 0.900 bits per heavy atom. The van der Waals surface area contributed by atoms with Crippen LogP contribution in [0.3, 0.4) is 0 Å². The van der Waals surface area contributed by atoms with Crippen LogP contribution in [0.15, 0.2) is 66.7 Å². The zero-order valence-electron chi connectivity index (χ0n) is 16.4. The Bertz CT molecular complexity index is 1070. The van der Waals surface area contributed by atoms with E-state index in [-0.39, 0.29) is 11.8 Å². The molecule has 30 heavy (non-hydrogen) atoms. The van der Waals surface area contributed by atoms with Gasteiger partial charge in [-0.05, 0) is 56.3 Å². The van der Waals surface area contributed by atoms with Crippen molar-refractivity contribution in [2.75, 3.05) is 10.6 Å². The zero-order valence-corrected chi connectivity index (χ0v) is 17.9. The number of hydrogen-bond acceptors (Lipinski definition) is 3. The van der Waals surface area contributed by atoms with E-state index >= 15 is 0 Å². The second-order valence-electron chi connectivity index (χ2n) is 6.73. The van der Waals surface area contributed by atoms with Crippen LogP contribution in [0.5, 0.6) is 5.75 Å². The van der Waals surface area contributed by atoms with Gasteiger partial charge in [-0.3, -0.25) is 9.59 Å². The zero-order chi connectivity index (χ0) is 21.7. The standard InChI is InChI=1S/C23H20Cl2N2O3/c1-14-6-5-7-16(10-14)23(29)27-20-8-3-4-9-21(20)30-15(2)22(28)26-19-12-17(24)11-18(25)13-19/h3-13,15H,1-2H3,(H,26,28)(H,27,29). The first-order valence-corrected chi connectivity index (χ1v) is 9.98. The molecule has 0 saturated carbocycles. The maximum atomic E-state index is 12.6. The average Bonchev–Trinajstić information content (AvgIpc) is 2.68. The molecule has 0 fully saturated rings. The summed E-state index contributed by atoms with van der Waals surface area (Å²) in [5.41, 5.74) is 2.45. The lowest BCUT2D eigenvalue weighted by Crippen LogP contribution is -2.30. The van der Waals surface area contributed by atoms with Gasteiger partial charge in [0.15, 0.2) is 6.10 Å². The molecule has 1 atom stereocenters. The molecule has 0 aliphatic heterocycles. The van der Waals surface area contributed by atoms with Crippen molar-refractivity contribution in [1.82, 2.24) is 0 Å². The van der Waals surface area contributed by atoms with Crippen molar-refractivity contribution in [1.29, 1.82) is 0 Å². The van der Waals surface area contributed by atoms with Crippen LogP contribution in [-0.4, -0.2) is 17.9 Å². The third-order valence-corrected chi connectivity index (χ3v) is 4.66. The number of benzene rings is 3. The highest BCUT2D eigenvalue weighted by atomic mass is 35.5. The Morgan fingerprint density at radius 2 is 1.60 bits per heavy atom. The molecule has 0 spiro atoms. The molecule has 0 heterocycles. The molecule has 2 N–H and O–H groups in total. The highest BCUT2D eigenvalue weighted by Crippen LogP contribution is 2.27. The van der Waals surface area contributed by atoms with Crippen LogP contribution in [0.2, 0.25) is 10.0 Å². The monoisotopic (exact) mass is 442 g/mol. The first-order valence-electron chi connectivity index (χ1n) is 9.22. The number of halogens is 2. The van der Waals surface area contributed by atoms with Crippen molar-refractivity contribution in [3.8, 4) is 5.75 Å². The topological polar surface area (TPSA) is 67.4 Å². The molecule has 1 unspecified atom stereocenters. The molecule has 154 valence electrons. The number of nitrogens with one attached hydrogen (secondary N) is 2. The van der Waals surface area contributed by atoms with Crippen LogP contribution in [0.1, 0.15) is 22.8 Å². The molecule has 0 aromatic heterocycles. The molecular weight excluding hydrogens is 423 g/mol. The molecule has 3 aromatic rings. The van der Waals surface area contributed by atoms with E-state index in [4.69, 9.17) is 27.9 Å². The minimum Gasteiger partial charge on any atom is -0.479 e. The molecule has 0 saturated heterocycles. The van der Waals surface area contributed by atoms with Gasteiger partial charge in [0.25, 0.3) is 11.8 Å². The third-order valence-electron chi connectivity index (χ3n) is 4.22. The fourth-order valence-electron chi connectivity index (χ4n) is 2.77. The van der Waals surface area contributed by atoms with Gasteiger partial charge in [-0.1, -0.05) is 53.0 Å². The maximum Gasteiger partial charge on any atom is 0.265 e. The number of hydrogen-bond donors (Lipinski definition) is 2. The number of rotatable bonds is 6. The summed E-state index contributed by atoms with van der Waals surface area (Å²) < 4.78 is 5.81. The number of carbonyl (C=O) groups excluding carboxylic acids is 2. The number of para-hydroxylation sites is 2. The third kappa shape index (κ3) is 5.75. The summed E-state index contributed by atoms with van der Waals surface area (Å²) >= 11 is 11.9. The highest BCUT2D eigenvalue weighted by molar-refractivity contribution is 6.35. The van der Waals surface area contributed by atoms with Gasteiger partial charge in [0, 0.05) is 21.3 Å². The Hall–Kier alpha value is -3.02. The number of ether oxygens (including phenoxy) is 1. The van der Waals surface area contributed by atoms with Crippen molar-refractivity contribution in [3.05, 3.63) is 87.9 Å². The van der Waals surface area contributed by atoms with Crippen LogP contribution < -0.4 is 15.4 Å². The van der Waals surface area contributed by atoms with Crippen LogP contribution in [0.4, 0.5) is 11.4 Å². The molecule has 3 rings (SSSR count). The number of amides is 2. The lowest BCUT2D eigenvalue weighted by molar-refractivity contribution is -0.122. The molecule has 0 aliphatic rings. The van der Waals surface area contributed by atoms with E-state index in [0.29, 0.717) is 32.7 Å². The van der Waals surface area contributed by atoms with Crippen LogP contribution in [0.25, 0.3) is 0 Å². The summed E-state index contributed by atoms with van der Waals surface area (Å²) in [6.07, 6.45) is -0.834. The second kappa shape index (κ2) is 9.65. The van der Waals surface area contributed by atoms with Crippen molar-refractivity contribution >= 4 is 46.4 Å². The van der Waals surface area contributed by atoms with E-state index in [0.717, 1.165) is 5.56 Å². The lowest BCUT2D eigenvalue weighted by atomic mass is 10.1. The van der Waals surface area contributed by atoms with Gasteiger partial charge in [0.1, 0.15) is 5.75 Å². The van der Waals surface area contributed by atoms with Crippen LogP contribution >= 0.6 is 23.2 Å². The summed E-state index contributed by atoms with van der Waals surface area (Å²) in [5.74, 6) is -0.265. The Balaban J connectivity index is 1.70. The SMILES string of the molecule is Cc1cccc(C(=O)Nc2ccccc2OC(C)C(=O)Nc2cc(Cl)cc(Cl)c2)c1. The average molecular weight is 443 g/mol. The van der Waals surface area contributed by atoms with Crippen molar-refractivity contribution in [3.63, 3.8) is 0 Å². The van der Waals surface area contributed by atoms with Crippen molar-refractivity contribution in [2.45, 2.75) is 20.0 Å². The van der Waals surface area contributed by atoms with Crippen LogP contribution in [-0.2, 0) is 4.79 Å². The Kier molecular flexibility index (Phi) is 6.98. The van der Waals surface area contributed by atoms with Crippen LogP contribution in [0, 0.1) is 6.92 Å². The molecule has 7 heteroatoms.